The molecule has 17 heavy (non-hydrogen) atoms. The zero-order valence-electron chi connectivity index (χ0n) is 9.71. The molecule has 1 heterocycles. The van der Waals surface area contributed by atoms with Gasteiger partial charge in [0.2, 0.25) is 0 Å². The van der Waals surface area contributed by atoms with Crippen LogP contribution in [0.1, 0.15) is 18.1 Å². The molecule has 2 aromatic rings. The molecule has 0 unspecified atom stereocenters. The molecule has 1 aromatic heterocycles. The molecular formula is C13H12ClN3. The van der Waals surface area contributed by atoms with Crippen molar-refractivity contribution in [3.05, 3.63) is 34.5 Å². The van der Waals surface area contributed by atoms with E-state index in [0.29, 0.717) is 10.6 Å². The second-order valence-corrected chi connectivity index (χ2v) is 4.16. The predicted molar refractivity (Wildman–Crippen MR) is 70.4 cm³/mol. The summed E-state index contributed by atoms with van der Waals surface area (Å²) in [5.74, 6) is 0. The number of halogens is 1. The van der Waals surface area contributed by atoms with E-state index in [1.807, 2.05) is 26.0 Å². The van der Waals surface area contributed by atoms with Crippen LogP contribution in [0.3, 0.4) is 0 Å². The van der Waals surface area contributed by atoms with Crippen LogP contribution in [0.15, 0.2) is 18.3 Å². The van der Waals surface area contributed by atoms with Gasteiger partial charge in [0.25, 0.3) is 0 Å². The first-order chi connectivity index (χ1) is 8.19. The lowest BCUT2D eigenvalue weighted by atomic mass is 10.1. The monoisotopic (exact) mass is 245 g/mol. The van der Waals surface area contributed by atoms with Gasteiger partial charge in [0.1, 0.15) is 6.07 Å². The number of hydrogen-bond acceptors (Lipinski definition) is 3. The highest BCUT2D eigenvalue weighted by Crippen LogP contribution is 2.30. The standard InChI is InChI=1S/C13H12ClN3/c1-3-16-13-9(6-15)7-17-12-8(2)11(14)5-4-10(12)13/h4-5,7H,3H2,1-2H3,(H,16,17). The Labute approximate surface area is 105 Å². The van der Waals surface area contributed by atoms with Gasteiger partial charge < -0.3 is 5.32 Å². The molecule has 0 saturated heterocycles. The van der Waals surface area contributed by atoms with Crippen LogP contribution in [0.4, 0.5) is 5.69 Å². The van der Waals surface area contributed by atoms with Gasteiger partial charge in [-0.25, -0.2) is 0 Å². The Morgan fingerprint density at radius 3 is 2.88 bits per heavy atom. The number of pyridine rings is 1. The van der Waals surface area contributed by atoms with E-state index in [2.05, 4.69) is 16.4 Å². The molecule has 4 heteroatoms. The summed E-state index contributed by atoms with van der Waals surface area (Å²) >= 11 is 6.07. The third-order valence-corrected chi connectivity index (χ3v) is 3.11. The van der Waals surface area contributed by atoms with E-state index in [1.54, 1.807) is 6.20 Å². The van der Waals surface area contributed by atoms with Gasteiger partial charge in [0.05, 0.1) is 16.8 Å². The van der Waals surface area contributed by atoms with Crippen LogP contribution in [-0.4, -0.2) is 11.5 Å². The summed E-state index contributed by atoms with van der Waals surface area (Å²) in [4.78, 5) is 4.31. The number of aryl methyl sites for hydroxylation is 1. The van der Waals surface area contributed by atoms with Crippen LogP contribution in [0.5, 0.6) is 0 Å². The lowest BCUT2D eigenvalue weighted by molar-refractivity contribution is 1.20. The maximum absolute atomic E-state index is 9.07. The fraction of sp³-hybridized carbons (Fsp3) is 0.231. The number of anilines is 1. The minimum Gasteiger partial charge on any atom is -0.384 e. The minimum atomic E-state index is 0.557. The Morgan fingerprint density at radius 1 is 1.47 bits per heavy atom. The smallest absolute Gasteiger partial charge is 0.103 e. The van der Waals surface area contributed by atoms with Gasteiger partial charge in [-0.15, -0.1) is 0 Å². The Balaban J connectivity index is 2.82. The second kappa shape index (κ2) is 4.60. The van der Waals surface area contributed by atoms with Crippen molar-refractivity contribution in [2.75, 3.05) is 11.9 Å². The zero-order valence-corrected chi connectivity index (χ0v) is 10.5. The number of nitrogens with zero attached hydrogens (tertiary/aromatic N) is 2. The van der Waals surface area contributed by atoms with E-state index in [4.69, 9.17) is 16.9 Å². The third kappa shape index (κ3) is 1.92. The molecule has 3 nitrogen and oxygen atoms in total. The molecule has 0 fully saturated rings. The summed E-state index contributed by atoms with van der Waals surface area (Å²) in [5.41, 5.74) is 3.17. The molecule has 0 radical (unpaired) electrons. The number of hydrogen-bond donors (Lipinski definition) is 1. The molecule has 2 rings (SSSR count). The van der Waals surface area contributed by atoms with Crippen molar-refractivity contribution in [2.24, 2.45) is 0 Å². The first-order valence-electron chi connectivity index (χ1n) is 5.40. The van der Waals surface area contributed by atoms with Crippen LogP contribution >= 0.6 is 11.6 Å². The van der Waals surface area contributed by atoms with E-state index >= 15 is 0 Å². The Morgan fingerprint density at radius 2 is 2.24 bits per heavy atom. The Bertz CT molecular complexity index is 614. The third-order valence-electron chi connectivity index (χ3n) is 2.70. The predicted octanol–water partition coefficient (Wildman–Crippen LogP) is 3.50. The zero-order chi connectivity index (χ0) is 12.4. The highest BCUT2D eigenvalue weighted by molar-refractivity contribution is 6.32. The van der Waals surface area contributed by atoms with Gasteiger partial charge in [-0.1, -0.05) is 11.6 Å². The van der Waals surface area contributed by atoms with Gasteiger partial charge in [0.15, 0.2) is 0 Å². The molecule has 1 N–H and O–H groups in total. The molecule has 0 amide bonds. The summed E-state index contributed by atoms with van der Waals surface area (Å²) < 4.78 is 0. The molecule has 0 spiro atoms. The fourth-order valence-electron chi connectivity index (χ4n) is 1.83. The molecule has 0 saturated carbocycles. The van der Waals surface area contributed by atoms with Crippen molar-refractivity contribution in [1.29, 1.82) is 5.26 Å². The summed E-state index contributed by atoms with van der Waals surface area (Å²) in [6, 6.07) is 5.88. The first-order valence-corrected chi connectivity index (χ1v) is 5.78. The van der Waals surface area contributed by atoms with Gasteiger partial charge in [-0.05, 0) is 31.5 Å². The van der Waals surface area contributed by atoms with Gasteiger partial charge >= 0.3 is 0 Å². The van der Waals surface area contributed by atoms with E-state index < -0.39 is 0 Å². The molecule has 0 aliphatic rings. The molecular weight excluding hydrogens is 234 g/mol. The summed E-state index contributed by atoms with van der Waals surface area (Å²) in [6.07, 6.45) is 1.59. The summed E-state index contributed by atoms with van der Waals surface area (Å²) in [6.45, 7) is 4.69. The van der Waals surface area contributed by atoms with Crippen molar-refractivity contribution >= 4 is 28.2 Å². The normalized spacial score (nSPS) is 10.2. The number of fused-ring (bicyclic) bond motifs is 1. The van der Waals surface area contributed by atoms with Crippen LogP contribution < -0.4 is 5.32 Å². The number of aromatic nitrogens is 1. The Hall–Kier alpha value is -1.79. The summed E-state index contributed by atoms with van der Waals surface area (Å²) in [5, 5.41) is 13.9. The topological polar surface area (TPSA) is 48.7 Å². The fourth-order valence-corrected chi connectivity index (χ4v) is 1.99. The first kappa shape index (κ1) is 11.7. The average Bonchev–Trinajstić information content (AvgIpc) is 2.34. The number of rotatable bonds is 2. The van der Waals surface area contributed by atoms with E-state index in [0.717, 1.165) is 28.7 Å². The van der Waals surface area contributed by atoms with Gasteiger partial charge in [0, 0.05) is 23.2 Å². The van der Waals surface area contributed by atoms with E-state index in [-0.39, 0.29) is 0 Å². The van der Waals surface area contributed by atoms with Crippen LogP contribution in [-0.2, 0) is 0 Å². The molecule has 0 atom stereocenters. The quantitative estimate of drug-likeness (QED) is 0.881. The van der Waals surface area contributed by atoms with E-state index in [1.165, 1.54) is 0 Å². The molecule has 1 aromatic carbocycles. The summed E-state index contributed by atoms with van der Waals surface area (Å²) in [7, 11) is 0. The van der Waals surface area contributed by atoms with Crippen molar-refractivity contribution in [2.45, 2.75) is 13.8 Å². The lowest BCUT2D eigenvalue weighted by Crippen LogP contribution is -2.01. The van der Waals surface area contributed by atoms with Crippen molar-refractivity contribution in [1.82, 2.24) is 4.98 Å². The van der Waals surface area contributed by atoms with Crippen molar-refractivity contribution in [3.8, 4) is 6.07 Å². The van der Waals surface area contributed by atoms with Crippen LogP contribution in [0.25, 0.3) is 10.9 Å². The number of nitriles is 1. The number of nitrogens with one attached hydrogen (secondary N) is 1. The minimum absolute atomic E-state index is 0.557. The molecule has 86 valence electrons. The number of benzene rings is 1. The van der Waals surface area contributed by atoms with Crippen molar-refractivity contribution in [3.63, 3.8) is 0 Å². The Kier molecular flexibility index (Phi) is 3.16. The SMILES string of the molecule is CCNc1c(C#N)cnc2c(C)c(Cl)ccc12. The highest BCUT2D eigenvalue weighted by Gasteiger charge is 2.10. The average molecular weight is 246 g/mol. The lowest BCUT2D eigenvalue weighted by Gasteiger charge is -2.11. The maximum Gasteiger partial charge on any atom is 0.103 e. The molecule has 0 aliphatic carbocycles. The highest BCUT2D eigenvalue weighted by atomic mass is 35.5. The second-order valence-electron chi connectivity index (χ2n) is 3.76. The van der Waals surface area contributed by atoms with E-state index in [9.17, 15) is 0 Å². The molecule has 0 aliphatic heterocycles. The van der Waals surface area contributed by atoms with Gasteiger partial charge in [-0.2, -0.15) is 5.26 Å². The van der Waals surface area contributed by atoms with Crippen LogP contribution in [0.2, 0.25) is 5.02 Å². The van der Waals surface area contributed by atoms with Gasteiger partial charge in [-0.3, -0.25) is 4.98 Å². The van der Waals surface area contributed by atoms with Crippen LogP contribution in [0, 0.1) is 18.3 Å². The maximum atomic E-state index is 9.07. The largest absolute Gasteiger partial charge is 0.384 e. The molecule has 0 bridgehead atoms. The van der Waals surface area contributed by atoms with Crippen molar-refractivity contribution < 1.29 is 0 Å².